The average Bonchev–Trinajstić information content (AvgIpc) is 2.45. The summed E-state index contributed by atoms with van der Waals surface area (Å²) >= 11 is 12.4. The molecule has 22 heavy (non-hydrogen) atoms. The largest absolute Gasteiger partial charge is 0.465 e. The Balaban J connectivity index is 2.78. The molecule has 0 saturated heterocycles. The lowest BCUT2D eigenvalue weighted by atomic mass is 9.99. The molecule has 0 radical (unpaired) electrons. The fraction of sp³-hybridized carbons (Fsp3) is 0.133. The topological polar surface area (TPSA) is 83.0 Å². The van der Waals surface area contributed by atoms with Gasteiger partial charge in [0.2, 0.25) is 0 Å². The summed E-state index contributed by atoms with van der Waals surface area (Å²) in [5.74, 6) is -0.585. The third-order valence-corrected chi connectivity index (χ3v) is 3.61. The van der Waals surface area contributed by atoms with Gasteiger partial charge >= 0.3 is 5.97 Å². The molecule has 0 aliphatic rings. The van der Waals surface area contributed by atoms with Crippen molar-refractivity contribution in [2.45, 2.75) is 6.92 Å². The van der Waals surface area contributed by atoms with Crippen molar-refractivity contribution in [2.75, 3.05) is 7.11 Å². The second-order valence-corrected chi connectivity index (χ2v) is 5.30. The summed E-state index contributed by atoms with van der Waals surface area (Å²) in [5.41, 5.74) is 0.753. The number of hydrogen-bond donors (Lipinski definition) is 1. The van der Waals surface area contributed by atoms with E-state index >= 15 is 0 Å². The summed E-state index contributed by atoms with van der Waals surface area (Å²) in [6.45, 7) is 1.68. The number of nitriles is 1. The van der Waals surface area contributed by atoms with Crippen LogP contribution in [0.5, 0.6) is 0 Å². The maximum atomic E-state index is 11.9. The summed E-state index contributed by atoms with van der Waals surface area (Å²) in [6, 6.07) is 6.20. The first-order valence-corrected chi connectivity index (χ1v) is 6.86. The molecule has 1 aromatic heterocycles. The number of rotatable bonds is 2. The molecule has 0 amide bonds. The molecule has 7 heteroatoms. The minimum absolute atomic E-state index is 0.0970. The third kappa shape index (κ3) is 2.84. The van der Waals surface area contributed by atoms with Crippen molar-refractivity contribution in [3.63, 3.8) is 0 Å². The van der Waals surface area contributed by atoms with Crippen LogP contribution in [0.25, 0.3) is 11.1 Å². The predicted octanol–water partition coefficient (Wildman–Crippen LogP) is 3.32. The van der Waals surface area contributed by atoms with Gasteiger partial charge in [-0.2, -0.15) is 5.26 Å². The van der Waals surface area contributed by atoms with Crippen LogP contribution in [-0.2, 0) is 4.74 Å². The average molecular weight is 337 g/mol. The molecule has 1 N–H and O–H groups in total. The van der Waals surface area contributed by atoms with E-state index in [0.717, 1.165) is 0 Å². The zero-order chi connectivity index (χ0) is 16.4. The molecule has 1 heterocycles. The lowest BCUT2D eigenvalue weighted by Gasteiger charge is -2.11. The number of nitrogens with zero attached hydrogens (tertiary/aromatic N) is 1. The monoisotopic (exact) mass is 336 g/mol. The number of aromatic nitrogens is 1. The number of carbonyl (C=O) groups excluding carboxylic acids is 1. The summed E-state index contributed by atoms with van der Waals surface area (Å²) in [7, 11) is 1.24. The molecule has 0 bridgehead atoms. The Morgan fingerprint density at radius 1 is 1.27 bits per heavy atom. The molecule has 0 saturated carbocycles. The van der Waals surface area contributed by atoms with Crippen molar-refractivity contribution in [3.05, 3.63) is 55.4 Å². The van der Waals surface area contributed by atoms with Gasteiger partial charge in [-0.15, -0.1) is 0 Å². The molecule has 2 rings (SSSR count). The van der Waals surface area contributed by atoms with Crippen LogP contribution in [-0.4, -0.2) is 18.1 Å². The van der Waals surface area contributed by atoms with E-state index in [2.05, 4.69) is 9.72 Å². The number of methoxy groups -OCH3 is 1. The van der Waals surface area contributed by atoms with Gasteiger partial charge in [0.25, 0.3) is 5.56 Å². The van der Waals surface area contributed by atoms with Crippen LogP contribution in [0.3, 0.4) is 0 Å². The number of esters is 1. The van der Waals surface area contributed by atoms with Crippen molar-refractivity contribution < 1.29 is 9.53 Å². The predicted molar refractivity (Wildman–Crippen MR) is 83.3 cm³/mol. The zero-order valence-electron chi connectivity index (χ0n) is 11.7. The summed E-state index contributed by atoms with van der Waals surface area (Å²) in [5, 5.41) is 9.48. The van der Waals surface area contributed by atoms with Gasteiger partial charge in [-0.05, 0) is 25.1 Å². The number of hydrogen-bond acceptors (Lipinski definition) is 4. The van der Waals surface area contributed by atoms with Gasteiger partial charge in [0.15, 0.2) is 0 Å². The van der Waals surface area contributed by atoms with E-state index in [9.17, 15) is 14.9 Å². The summed E-state index contributed by atoms with van der Waals surface area (Å²) in [6.07, 6.45) is 0. The van der Waals surface area contributed by atoms with Gasteiger partial charge in [0.05, 0.1) is 22.7 Å². The molecule has 0 atom stereocenters. The lowest BCUT2D eigenvalue weighted by molar-refractivity contribution is 0.0601. The Bertz CT molecular complexity index is 843. The van der Waals surface area contributed by atoms with Crippen LogP contribution in [0, 0.1) is 18.3 Å². The van der Waals surface area contributed by atoms with Crippen molar-refractivity contribution in [2.24, 2.45) is 0 Å². The first kappa shape index (κ1) is 16.1. The van der Waals surface area contributed by atoms with Crippen LogP contribution < -0.4 is 5.56 Å². The molecular formula is C15H10Cl2N2O3. The number of pyridine rings is 1. The molecule has 0 aliphatic carbocycles. The molecule has 1 aromatic carbocycles. The maximum absolute atomic E-state index is 11.9. The Kier molecular flexibility index (Phi) is 4.55. The van der Waals surface area contributed by atoms with Crippen LogP contribution in [0.1, 0.15) is 21.6 Å². The van der Waals surface area contributed by atoms with Crippen LogP contribution >= 0.6 is 23.2 Å². The number of H-pyrrole nitrogens is 1. The van der Waals surface area contributed by atoms with E-state index in [4.69, 9.17) is 23.2 Å². The SMILES string of the molecule is COC(=O)c1cc(Cl)c(-c2cc(C)[nH]c(=O)c2C#N)c(Cl)c1. The number of benzene rings is 1. The highest BCUT2D eigenvalue weighted by Crippen LogP contribution is 2.37. The van der Waals surface area contributed by atoms with E-state index in [1.807, 2.05) is 6.07 Å². The number of carbonyl (C=O) groups is 1. The van der Waals surface area contributed by atoms with E-state index in [0.29, 0.717) is 16.8 Å². The molecule has 0 aliphatic heterocycles. The smallest absolute Gasteiger partial charge is 0.337 e. The first-order chi connectivity index (χ1) is 10.4. The minimum Gasteiger partial charge on any atom is -0.465 e. The van der Waals surface area contributed by atoms with Gasteiger partial charge in [0, 0.05) is 16.8 Å². The van der Waals surface area contributed by atoms with Crippen molar-refractivity contribution >= 4 is 29.2 Å². The second kappa shape index (κ2) is 6.22. The maximum Gasteiger partial charge on any atom is 0.337 e. The Hall–Kier alpha value is -2.29. The summed E-state index contributed by atoms with van der Waals surface area (Å²) < 4.78 is 4.61. The number of aryl methyl sites for hydroxylation is 1. The first-order valence-electron chi connectivity index (χ1n) is 6.10. The summed E-state index contributed by atoms with van der Waals surface area (Å²) in [4.78, 5) is 26.0. The van der Waals surface area contributed by atoms with E-state index in [-0.39, 0.29) is 21.2 Å². The van der Waals surface area contributed by atoms with Gasteiger partial charge in [-0.3, -0.25) is 4.79 Å². The highest BCUT2D eigenvalue weighted by Gasteiger charge is 2.19. The molecule has 0 spiro atoms. The van der Waals surface area contributed by atoms with E-state index in [1.165, 1.54) is 19.2 Å². The number of nitrogens with one attached hydrogen (secondary N) is 1. The van der Waals surface area contributed by atoms with Crippen molar-refractivity contribution in [1.82, 2.24) is 4.98 Å². The number of ether oxygens (including phenoxy) is 1. The van der Waals surface area contributed by atoms with Crippen LogP contribution in [0.4, 0.5) is 0 Å². The molecular weight excluding hydrogens is 327 g/mol. The van der Waals surface area contributed by atoms with Crippen molar-refractivity contribution in [1.29, 1.82) is 5.26 Å². The number of halogens is 2. The normalized spacial score (nSPS) is 10.1. The Morgan fingerprint density at radius 2 is 1.86 bits per heavy atom. The van der Waals surface area contributed by atoms with Crippen LogP contribution in [0.15, 0.2) is 23.0 Å². The highest BCUT2D eigenvalue weighted by molar-refractivity contribution is 6.39. The molecule has 0 unspecified atom stereocenters. The fourth-order valence-corrected chi connectivity index (χ4v) is 2.75. The Labute approximate surface area is 136 Å². The third-order valence-electron chi connectivity index (χ3n) is 3.01. The van der Waals surface area contributed by atoms with Gasteiger partial charge in [0.1, 0.15) is 11.6 Å². The number of aromatic amines is 1. The molecule has 0 fully saturated rings. The van der Waals surface area contributed by atoms with Gasteiger partial charge in [-0.25, -0.2) is 4.79 Å². The lowest BCUT2D eigenvalue weighted by Crippen LogP contribution is -2.13. The Morgan fingerprint density at radius 3 is 2.36 bits per heavy atom. The zero-order valence-corrected chi connectivity index (χ0v) is 13.2. The van der Waals surface area contributed by atoms with E-state index in [1.54, 1.807) is 13.0 Å². The molecule has 2 aromatic rings. The van der Waals surface area contributed by atoms with Crippen molar-refractivity contribution in [3.8, 4) is 17.2 Å². The van der Waals surface area contributed by atoms with E-state index < -0.39 is 11.5 Å². The minimum atomic E-state index is -0.585. The van der Waals surface area contributed by atoms with Crippen LogP contribution in [0.2, 0.25) is 10.0 Å². The quantitative estimate of drug-likeness (QED) is 0.852. The van der Waals surface area contributed by atoms with Gasteiger partial charge in [-0.1, -0.05) is 23.2 Å². The fourth-order valence-electron chi connectivity index (χ4n) is 2.06. The highest BCUT2D eigenvalue weighted by atomic mass is 35.5. The molecule has 112 valence electrons. The van der Waals surface area contributed by atoms with Gasteiger partial charge < -0.3 is 9.72 Å². The molecule has 5 nitrogen and oxygen atoms in total. The second-order valence-electron chi connectivity index (χ2n) is 4.49. The standard InChI is InChI=1S/C15H10Cl2N2O3/c1-7-3-9(10(6-18)14(20)19-7)13-11(16)4-8(5-12(13)17)15(21)22-2/h3-5H,1-2H3,(H,19,20).